The normalized spacial score (nSPS) is 13.5. The fourth-order valence-corrected chi connectivity index (χ4v) is 4.63. The van der Waals surface area contributed by atoms with E-state index in [-0.39, 0.29) is 24.3 Å². The fraction of sp³-hybridized carbons (Fsp3) is 0.345. The molecule has 0 radical (unpaired) electrons. The number of carbonyl (C=O) groups excluding carboxylic acids is 2. The average Bonchev–Trinajstić information content (AvgIpc) is 3.19. The number of carboxylic acid groups (broad SMARTS) is 1. The van der Waals surface area contributed by atoms with Crippen LogP contribution in [0.15, 0.2) is 54.6 Å². The second-order valence-corrected chi connectivity index (χ2v) is 9.74. The van der Waals surface area contributed by atoms with E-state index in [1.165, 1.54) is 23.3 Å². The number of carbonyl (C=O) groups is 3. The molecule has 37 heavy (non-hydrogen) atoms. The molecular formula is C29H32N4O4. The number of nitrogens with zero attached hydrogens (tertiary/aromatic N) is 3. The minimum atomic E-state index is -1.01. The van der Waals surface area contributed by atoms with Crippen LogP contribution in [0.3, 0.4) is 0 Å². The number of aryl methyl sites for hydroxylation is 1. The van der Waals surface area contributed by atoms with E-state index >= 15 is 0 Å². The number of anilines is 1. The van der Waals surface area contributed by atoms with Gasteiger partial charge in [-0.1, -0.05) is 57.9 Å². The molecule has 3 aromatic rings. The largest absolute Gasteiger partial charge is 0.480 e. The van der Waals surface area contributed by atoms with Gasteiger partial charge in [0.1, 0.15) is 6.04 Å². The molecule has 1 aliphatic heterocycles. The van der Waals surface area contributed by atoms with Gasteiger partial charge in [-0.3, -0.25) is 9.59 Å². The predicted molar refractivity (Wildman–Crippen MR) is 141 cm³/mol. The third kappa shape index (κ3) is 5.85. The first-order valence-corrected chi connectivity index (χ1v) is 12.7. The number of hydrogen-bond acceptors (Lipinski definition) is 5. The Labute approximate surface area is 216 Å². The lowest BCUT2D eigenvalue weighted by Gasteiger charge is -2.27. The molecule has 2 heterocycles. The Kier molecular flexibility index (Phi) is 7.96. The van der Waals surface area contributed by atoms with Crippen LogP contribution in [-0.2, 0) is 17.8 Å². The van der Waals surface area contributed by atoms with Crippen molar-refractivity contribution in [1.29, 1.82) is 0 Å². The number of aromatic nitrogens is 2. The number of carboxylic acids is 1. The van der Waals surface area contributed by atoms with Crippen molar-refractivity contribution in [2.75, 3.05) is 5.32 Å². The van der Waals surface area contributed by atoms with Crippen molar-refractivity contribution in [1.82, 2.24) is 15.1 Å². The van der Waals surface area contributed by atoms with Crippen LogP contribution in [0.5, 0.6) is 0 Å². The van der Waals surface area contributed by atoms with Crippen LogP contribution in [0.1, 0.15) is 71.9 Å². The monoisotopic (exact) mass is 500 g/mol. The molecule has 192 valence electrons. The van der Waals surface area contributed by atoms with Gasteiger partial charge in [-0.25, -0.2) is 4.79 Å². The minimum absolute atomic E-state index is 0.215. The topological polar surface area (TPSA) is 112 Å². The van der Waals surface area contributed by atoms with Crippen molar-refractivity contribution in [3.63, 3.8) is 0 Å². The van der Waals surface area contributed by atoms with Gasteiger partial charge in [0.25, 0.3) is 11.8 Å². The lowest BCUT2D eigenvalue weighted by Crippen LogP contribution is -2.44. The van der Waals surface area contributed by atoms with Gasteiger partial charge in [-0.15, -0.1) is 10.2 Å². The number of rotatable bonds is 10. The SMILES string of the molecule is CCCCCc1ccc(C(=O)Nc2ccc(-c3ccc4c(c3)C(=O)N(C(C(=O)O)C(C)C)C4)nn2)cc1. The number of amides is 2. The Hall–Kier alpha value is -4.07. The molecule has 0 saturated carbocycles. The van der Waals surface area contributed by atoms with E-state index in [1.54, 1.807) is 32.0 Å². The van der Waals surface area contributed by atoms with Crippen molar-refractivity contribution < 1.29 is 19.5 Å². The van der Waals surface area contributed by atoms with E-state index in [0.29, 0.717) is 28.2 Å². The first-order chi connectivity index (χ1) is 17.8. The van der Waals surface area contributed by atoms with Gasteiger partial charge in [-0.2, -0.15) is 0 Å². The van der Waals surface area contributed by atoms with E-state index in [1.807, 2.05) is 36.4 Å². The highest BCUT2D eigenvalue weighted by Crippen LogP contribution is 2.30. The molecule has 0 spiro atoms. The Bertz CT molecular complexity index is 1290. The highest BCUT2D eigenvalue weighted by atomic mass is 16.4. The highest BCUT2D eigenvalue weighted by Gasteiger charge is 2.38. The second-order valence-electron chi connectivity index (χ2n) is 9.74. The van der Waals surface area contributed by atoms with Crippen molar-refractivity contribution >= 4 is 23.6 Å². The Balaban J connectivity index is 1.43. The number of hydrogen-bond donors (Lipinski definition) is 2. The summed E-state index contributed by atoms with van der Waals surface area (Å²) in [5, 5.41) is 20.7. The lowest BCUT2D eigenvalue weighted by molar-refractivity contribution is -0.144. The van der Waals surface area contributed by atoms with Crippen molar-refractivity contribution in [2.45, 2.75) is 59.0 Å². The van der Waals surface area contributed by atoms with Crippen LogP contribution in [0.2, 0.25) is 0 Å². The molecule has 1 unspecified atom stereocenters. The van der Waals surface area contributed by atoms with Crippen LogP contribution < -0.4 is 5.32 Å². The van der Waals surface area contributed by atoms with Crippen LogP contribution in [0, 0.1) is 5.92 Å². The Morgan fingerprint density at radius 2 is 1.78 bits per heavy atom. The highest BCUT2D eigenvalue weighted by molar-refractivity contribution is 6.04. The number of unbranched alkanes of at least 4 members (excludes halogenated alkanes) is 2. The fourth-order valence-electron chi connectivity index (χ4n) is 4.63. The first kappa shape index (κ1) is 26.0. The summed E-state index contributed by atoms with van der Waals surface area (Å²) >= 11 is 0. The van der Waals surface area contributed by atoms with E-state index in [2.05, 4.69) is 22.4 Å². The quantitative estimate of drug-likeness (QED) is 0.370. The molecule has 0 bridgehead atoms. The van der Waals surface area contributed by atoms with Gasteiger partial charge in [0.15, 0.2) is 5.82 Å². The number of benzene rings is 2. The number of aliphatic carboxylic acids is 1. The molecule has 8 nitrogen and oxygen atoms in total. The van der Waals surface area contributed by atoms with E-state index in [4.69, 9.17) is 0 Å². The average molecular weight is 501 g/mol. The molecule has 1 aliphatic rings. The number of nitrogens with one attached hydrogen (secondary N) is 1. The Morgan fingerprint density at radius 1 is 1.03 bits per heavy atom. The summed E-state index contributed by atoms with van der Waals surface area (Å²) in [7, 11) is 0. The predicted octanol–water partition coefficient (Wildman–Crippen LogP) is 5.19. The minimum Gasteiger partial charge on any atom is -0.480 e. The molecule has 1 aromatic heterocycles. The maximum absolute atomic E-state index is 13.0. The van der Waals surface area contributed by atoms with E-state index in [9.17, 15) is 19.5 Å². The standard InChI is InChI=1S/C29H32N4O4/c1-4-5-6-7-19-8-10-20(11-9-19)27(34)30-25-15-14-24(31-32-25)21-12-13-22-17-33(28(35)23(22)16-21)26(18(2)3)29(36)37/h8-16,18,26H,4-7,17H2,1-3H3,(H,36,37)(H,30,32,34). The zero-order valence-electron chi connectivity index (χ0n) is 21.4. The van der Waals surface area contributed by atoms with Gasteiger partial charge in [0.05, 0.1) is 5.69 Å². The zero-order chi connectivity index (χ0) is 26.5. The third-order valence-corrected chi connectivity index (χ3v) is 6.65. The van der Waals surface area contributed by atoms with Crippen molar-refractivity contribution in [2.24, 2.45) is 5.92 Å². The van der Waals surface area contributed by atoms with Crippen LogP contribution in [0.25, 0.3) is 11.3 Å². The van der Waals surface area contributed by atoms with Gasteiger partial charge >= 0.3 is 5.97 Å². The summed E-state index contributed by atoms with van der Waals surface area (Å²) in [5.74, 6) is -1.46. The molecule has 2 N–H and O–H groups in total. The van der Waals surface area contributed by atoms with Gasteiger partial charge in [0, 0.05) is 23.2 Å². The van der Waals surface area contributed by atoms with Crippen LogP contribution in [-0.4, -0.2) is 44.0 Å². The van der Waals surface area contributed by atoms with E-state index in [0.717, 1.165) is 18.4 Å². The zero-order valence-corrected chi connectivity index (χ0v) is 21.4. The molecule has 0 fully saturated rings. The smallest absolute Gasteiger partial charge is 0.326 e. The lowest BCUT2D eigenvalue weighted by atomic mass is 10.0. The summed E-state index contributed by atoms with van der Waals surface area (Å²) in [6.07, 6.45) is 4.52. The molecule has 8 heteroatoms. The summed E-state index contributed by atoms with van der Waals surface area (Å²) in [6.45, 7) is 6.02. The molecular weight excluding hydrogens is 468 g/mol. The van der Waals surface area contributed by atoms with Crippen molar-refractivity contribution in [3.05, 3.63) is 76.9 Å². The Morgan fingerprint density at radius 3 is 2.41 bits per heavy atom. The van der Waals surface area contributed by atoms with Gasteiger partial charge in [-0.05, 0) is 60.2 Å². The molecule has 2 amide bonds. The first-order valence-electron chi connectivity index (χ1n) is 12.7. The number of fused-ring (bicyclic) bond motifs is 1. The maximum atomic E-state index is 13.0. The molecule has 0 aliphatic carbocycles. The summed E-state index contributed by atoms with van der Waals surface area (Å²) in [4.78, 5) is 38.8. The summed E-state index contributed by atoms with van der Waals surface area (Å²) in [6, 6.07) is 15.5. The van der Waals surface area contributed by atoms with Crippen LogP contribution in [0.4, 0.5) is 5.82 Å². The van der Waals surface area contributed by atoms with E-state index < -0.39 is 12.0 Å². The van der Waals surface area contributed by atoms with Gasteiger partial charge < -0.3 is 15.3 Å². The molecule has 2 aromatic carbocycles. The van der Waals surface area contributed by atoms with Crippen LogP contribution >= 0.6 is 0 Å². The molecule has 1 atom stereocenters. The maximum Gasteiger partial charge on any atom is 0.326 e. The molecule has 0 saturated heterocycles. The third-order valence-electron chi connectivity index (χ3n) is 6.65. The summed E-state index contributed by atoms with van der Waals surface area (Å²) in [5.41, 5.74) is 4.26. The van der Waals surface area contributed by atoms with Gasteiger partial charge in [0.2, 0.25) is 0 Å². The summed E-state index contributed by atoms with van der Waals surface area (Å²) < 4.78 is 0. The second kappa shape index (κ2) is 11.3. The molecule has 4 rings (SSSR count). The van der Waals surface area contributed by atoms with Crippen molar-refractivity contribution in [3.8, 4) is 11.3 Å².